The fraction of sp³-hybridized carbons (Fsp3) is 0.500. The lowest BCUT2D eigenvalue weighted by Crippen LogP contribution is -2.35. The second kappa shape index (κ2) is 3.54. The average Bonchev–Trinajstić information content (AvgIpc) is 2.65. The van der Waals surface area contributed by atoms with Crippen molar-refractivity contribution in [1.29, 1.82) is 0 Å². The largest absolute Gasteiger partial charge is 0.481 e. The van der Waals surface area contributed by atoms with Crippen molar-refractivity contribution < 1.29 is 14.3 Å². The lowest BCUT2D eigenvalue weighted by Gasteiger charge is -2.24. The van der Waals surface area contributed by atoms with Gasteiger partial charge in [-0.15, -0.1) is 0 Å². The maximum Gasteiger partial charge on any atom is 0.304 e. The van der Waals surface area contributed by atoms with E-state index < -0.39 is 11.4 Å². The van der Waals surface area contributed by atoms with Gasteiger partial charge in [-0.3, -0.25) is 4.79 Å². The summed E-state index contributed by atoms with van der Waals surface area (Å²) in [6.07, 6.45) is 1.51. The molecule has 82 valence electrons. The summed E-state index contributed by atoms with van der Waals surface area (Å²) < 4.78 is 5.36. The van der Waals surface area contributed by atoms with E-state index >= 15 is 0 Å². The summed E-state index contributed by atoms with van der Waals surface area (Å²) in [6.45, 7) is 0.274. The highest BCUT2D eigenvalue weighted by molar-refractivity contribution is 6.29. The van der Waals surface area contributed by atoms with Gasteiger partial charge in [-0.25, -0.2) is 0 Å². The van der Waals surface area contributed by atoms with E-state index in [1.165, 1.54) is 0 Å². The molecule has 1 aromatic rings. The van der Waals surface area contributed by atoms with Crippen LogP contribution in [0.3, 0.4) is 0 Å². The van der Waals surface area contributed by atoms with Gasteiger partial charge in [-0.05, 0) is 36.1 Å². The summed E-state index contributed by atoms with van der Waals surface area (Å²) in [4.78, 5) is 10.8. The number of aryl methyl sites for hydroxylation is 1. The van der Waals surface area contributed by atoms with Crippen LogP contribution in [0, 0.1) is 0 Å². The first-order valence-corrected chi connectivity index (χ1v) is 5.16. The predicted molar refractivity (Wildman–Crippen MR) is 55.0 cm³/mol. The summed E-state index contributed by atoms with van der Waals surface area (Å²) in [6, 6.07) is 1.75. The summed E-state index contributed by atoms with van der Waals surface area (Å²) in [5, 5.41) is 9.18. The van der Waals surface area contributed by atoms with Crippen LogP contribution in [0.1, 0.15) is 24.2 Å². The fourth-order valence-electron chi connectivity index (χ4n) is 2.24. The minimum Gasteiger partial charge on any atom is -0.481 e. The molecule has 0 aromatic carbocycles. The minimum absolute atomic E-state index is 0.000340. The van der Waals surface area contributed by atoms with Gasteiger partial charge in [0.1, 0.15) is 5.76 Å². The average molecular weight is 230 g/mol. The Morgan fingerprint density at radius 1 is 1.73 bits per heavy atom. The monoisotopic (exact) mass is 229 g/mol. The molecule has 0 fully saturated rings. The number of fused-ring (bicyclic) bond motifs is 1. The Kier molecular flexibility index (Phi) is 2.48. The van der Waals surface area contributed by atoms with E-state index in [-0.39, 0.29) is 13.0 Å². The van der Waals surface area contributed by atoms with Crippen LogP contribution >= 0.6 is 11.6 Å². The molecule has 1 atom stereocenters. The summed E-state index contributed by atoms with van der Waals surface area (Å²) >= 11 is 5.74. The Morgan fingerprint density at radius 2 is 2.47 bits per heavy atom. The molecule has 1 aromatic heterocycles. The van der Waals surface area contributed by atoms with Gasteiger partial charge in [-0.2, -0.15) is 0 Å². The van der Waals surface area contributed by atoms with Crippen molar-refractivity contribution in [2.24, 2.45) is 5.73 Å². The van der Waals surface area contributed by atoms with Crippen molar-refractivity contribution in [2.75, 3.05) is 6.54 Å². The molecule has 0 spiro atoms. The molecule has 0 bridgehead atoms. The lowest BCUT2D eigenvalue weighted by atomic mass is 9.83. The van der Waals surface area contributed by atoms with Gasteiger partial charge in [0.15, 0.2) is 5.22 Å². The van der Waals surface area contributed by atoms with Crippen molar-refractivity contribution in [2.45, 2.75) is 24.7 Å². The maximum atomic E-state index is 10.8. The molecule has 0 radical (unpaired) electrons. The molecule has 2 rings (SSSR count). The Hall–Kier alpha value is -1.00. The molecule has 1 unspecified atom stereocenters. The third-order valence-electron chi connectivity index (χ3n) is 3.01. The Morgan fingerprint density at radius 3 is 3.07 bits per heavy atom. The van der Waals surface area contributed by atoms with Gasteiger partial charge in [0.25, 0.3) is 0 Å². The molecule has 0 saturated heterocycles. The van der Waals surface area contributed by atoms with Crippen molar-refractivity contribution in [3.05, 3.63) is 22.6 Å². The van der Waals surface area contributed by atoms with E-state index in [0.717, 1.165) is 18.4 Å². The first-order chi connectivity index (χ1) is 7.07. The normalized spacial score (nSPS) is 24.1. The lowest BCUT2D eigenvalue weighted by molar-refractivity contribution is -0.138. The van der Waals surface area contributed by atoms with Crippen LogP contribution in [0.15, 0.2) is 10.5 Å². The van der Waals surface area contributed by atoms with Crippen LogP contribution < -0.4 is 5.73 Å². The van der Waals surface area contributed by atoms with Crippen LogP contribution in [-0.4, -0.2) is 17.6 Å². The van der Waals surface area contributed by atoms with Gasteiger partial charge in [0.05, 0.1) is 11.8 Å². The number of carbonyl (C=O) groups is 1. The number of aliphatic carboxylic acids is 1. The first-order valence-electron chi connectivity index (χ1n) is 4.78. The van der Waals surface area contributed by atoms with Crippen molar-refractivity contribution in [1.82, 2.24) is 0 Å². The number of furan rings is 1. The van der Waals surface area contributed by atoms with Crippen LogP contribution in [-0.2, 0) is 16.6 Å². The molecule has 1 aliphatic rings. The number of rotatable bonds is 3. The van der Waals surface area contributed by atoms with E-state index in [4.69, 9.17) is 26.9 Å². The zero-order valence-electron chi connectivity index (χ0n) is 8.12. The smallest absolute Gasteiger partial charge is 0.304 e. The molecular formula is C10H12ClNO3. The van der Waals surface area contributed by atoms with Crippen LogP contribution in [0.5, 0.6) is 0 Å². The highest BCUT2D eigenvalue weighted by Gasteiger charge is 2.43. The van der Waals surface area contributed by atoms with Crippen LogP contribution in [0.25, 0.3) is 0 Å². The molecule has 5 heteroatoms. The van der Waals surface area contributed by atoms with E-state index in [1.54, 1.807) is 6.07 Å². The molecule has 15 heavy (non-hydrogen) atoms. The van der Waals surface area contributed by atoms with Gasteiger partial charge in [0.2, 0.25) is 0 Å². The highest BCUT2D eigenvalue weighted by Crippen LogP contribution is 2.43. The van der Waals surface area contributed by atoms with Crippen LogP contribution in [0.2, 0.25) is 5.22 Å². The van der Waals surface area contributed by atoms with Crippen molar-refractivity contribution in [3.8, 4) is 0 Å². The molecule has 3 N–H and O–H groups in total. The zero-order chi connectivity index (χ0) is 11.1. The van der Waals surface area contributed by atoms with E-state index in [9.17, 15) is 4.79 Å². The molecule has 0 aliphatic heterocycles. The molecule has 0 amide bonds. The SMILES string of the molecule is NCC1(CC(=O)O)CCc2cc(Cl)oc21. The zero-order valence-corrected chi connectivity index (χ0v) is 8.88. The Bertz CT molecular complexity index is 401. The number of halogens is 1. The van der Waals surface area contributed by atoms with Gasteiger partial charge >= 0.3 is 5.97 Å². The second-order valence-corrected chi connectivity index (χ2v) is 4.33. The summed E-state index contributed by atoms with van der Waals surface area (Å²) in [5.41, 5.74) is 6.11. The molecule has 1 heterocycles. The minimum atomic E-state index is -0.860. The predicted octanol–water partition coefficient (Wildman–Crippen LogP) is 1.55. The fourth-order valence-corrected chi connectivity index (χ4v) is 2.45. The van der Waals surface area contributed by atoms with E-state index in [0.29, 0.717) is 11.0 Å². The molecular weight excluding hydrogens is 218 g/mol. The van der Waals surface area contributed by atoms with E-state index in [2.05, 4.69) is 0 Å². The Balaban J connectivity index is 2.39. The standard InChI is InChI=1S/C10H12ClNO3/c11-7-3-6-1-2-10(5-12,4-8(13)14)9(6)15-7/h3H,1-2,4-5,12H2,(H,13,14). The molecule has 1 aliphatic carbocycles. The van der Waals surface area contributed by atoms with Crippen molar-refractivity contribution in [3.63, 3.8) is 0 Å². The van der Waals surface area contributed by atoms with E-state index in [1.807, 2.05) is 0 Å². The maximum absolute atomic E-state index is 10.8. The van der Waals surface area contributed by atoms with Crippen molar-refractivity contribution >= 4 is 17.6 Å². The first kappa shape index (κ1) is 10.5. The third-order valence-corrected chi connectivity index (χ3v) is 3.20. The molecule has 0 saturated carbocycles. The summed E-state index contributed by atoms with van der Waals surface area (Å²) in [7, 11) is 0. The number of nitrogens with two attached hydrogens (primary N) is 1. The molecule has 4 nitrogen and oxygen atoms in total. The number of hydrogen-bond donors (Lipinski definition) is 2. The number of carboxylic acids is 1. The third kappa shape index (κ3) is 1.64. The second-order valence-electron chi connectivity index (χ2n) is 3.96. The topological polar surface area (TPSA) is 76.5 Å². The summed E-state index contributed by atoms with van der Waals surface area (Å²) in [5.74, 6) is -0.196. The van der Waals surface area contributed by atoms with Crippen LogP contribution in [0.4, 0.5) is 0 Å². The van der Waals surface area contributed by atoms with Gasteiger partial charge < -0.3 is 15.3 Å². The number of hydrogen-bond acceptors (Lipinski definition) is 3. The Labute approximate surface area is 92.0 Å². The number of carboxylic acid groups (broad SMARTS) is 1. The van der Waals surface area contributed by atoms with Gasteiger partial charge in [0, 0.05) is 6.54 Å². The van der Waals surface area contributed by atoms with Gasteiger partial charge in [-0.1, -0.05) is 0 Å². The highest BCUT2D eigenvalue weighted by atomic mass is 35.5. The quantitative estimate of drug-likeness (QED) is 0.825.